The zero-order chi connectivity index (χ0) is 12.8. The van der Waals surface area contributed by atoms with Crippen molar-refractivity contribution >= 4 is 28.6 Å². The van der Waals surface area contributed by atoms with E-state index >= 15 is 0 Å². The van der Waals surface area contributed by atoms with E-state index < -0.39 is 0 Å². The van der Waals surface area contributed by atoms with Gasteiger partial charge in [-0.3, -0.25) is 0 Å². The minimum Gasteiger partial charge on any atom is -0.143 e. The molecule has 0 aromatic heterocycles. The molecule has 17 heavy (non-hydrogen) atoms. The van der Waals surface area contributed by atoms with Crippen LogP contribution in [0.4, 0.5) is 0 Å². The fourth-order valence-electron chi connectivity index (χ4n) is 1.36. The van der Waals surface area contributed by atoms with Crippen LogP contribution in [0.1, 0.15) is 16.7 Å². The van der Waals surface area contributed by atoms with Crippen LogP contribution >= 0.6 is 28.6 Å². The number of aryl methyl sites for hydroxylation is 3. The summed E-state index contributed by atoms with van der Waals surface area (Å²) in [5, 5.41) is 0. The molecule has 0 unspecified atom stereocenters. The van der Waals surface area contributed by atoms with Gasteiger partial charge in [0.1, 0.15) is 0 Å². The zero-order valence-electron chi connectivity index (χ0n) is 10.4. The second-order valence-electron chi connectivity index (χ2n) is 4.04. The number of thiol groups is 1. The molecule has 0 aliphatic heterocycles. The van der Waals surface area contributed by atoms with E-state index in [0.717, 1.165) is 4.90 Å². The quantitative estimate of drug-likeness (QED) is 0.623. The first-order chi connectivity index (χ1) is 8.00. The molecule has 0 atom stereocenters. The SMILES string of the molecule is Cc1ccc(S)c(C)c1.Cc1ccccc1Br. The molecular weight excluding hydrogens is 292 g/mol. The predicted molar refractivity (Wildman–Crippen MR) is 82.0 cm³/mol. The molecule has 2 aromatic rings. The molecule has 2 rings (SSSR count). The zero-order valence-corrected chi connectivity index (χ0v) is 12.8. The van der Waals surface area contributed by atoms with E-state index in [4.69, 9.17) is 0 Å². The first-order valence-corrected chi connectivity index (χ1v) is 6.72. The van der Waals surface area contributed by atoms with E-state index in [1.165, 1.54) is 21.2 Å². The molecule has 0 radical (unpaired) electrons. The molecule has 90 valence electrons. The fraction of sp³-hybridized carbons (Fsp3) is 0.200. The van der Waals surface area contributed by atoms with Crippen molar-refractivity contribution in [2.45, 2.75) is 25.7 Å². The largest absolute Gasteiger partial charge is 0.143 e. The standard InChI is InChI=1S/C8H10S.C7H7Br/c1-6-3-4-8(9)7(2)5-6;1-6-4-2-3-5-7(6)8/h3-5,9H,1-2H3;2-5H,1H3. The topological polar surface area (TPSA) is 0 Å². The highest BCUT2D eigenvalue weighted by molar-refractivity contribution is 9.10. The maximum atomic E-state index is 4.25. The number of rotatable bonds is 0. The van der Waals surface area contributed by atoms with Crippen LogP contribution in [-0.2, 0) is 0 Å². The summed E-state index contributed by atoms with van der Waals surface area (Å²) in [6.07, 6.45) is 0. The first-order valence-electron chi connectivity index (χ1n) is 5.48. The molecule has 0 aliphatic carbocycles. The Morgan fingerprint density at radius 2 is 1.53 bits per heavy atom. The second kappa shape index (κ2) is 6.87. The van der Waals surface area contributed by atoms with Crippen LogP contribution in [0.25, 0.3) is 0 Å². The monoisotopic (exact) mass is 308 g/mol. The molecule has 0 heterocycles. The normalized spacial score (nSPS) is 9.47. The number of hydrogen-bond acceptors (Lipinski definition) is 1. The predicted octanol–water partition coefficient (Wildman–Crippen LogP) is 5.35. The third kappa shape index (κ3) is 4.97. The number of benzene rings is 2. The van der Waals surface area contributed by atoms with Crippen LogP contribution in [-0.4, -0.2) is 0 Å². The molecule has 0 aliphatic rings. The van der Waals surface area contributed by atoms with Crippen molar-refractivity contribution in [1.82, 2.24) is 0 Å². The van der Waals surface area contributed by atoms with Gasteiger partial charge in [-0.1, -0.05) is 51.8 Å². The summed E-state index contributed by atoms with van der Waals surface area (Å²) in [5.74, 6) is 0. The third-order valence-electron chi connectivity index (χ3n) is 2.43. The lowest BCUT2D eigenvalue weighted by Crippen LogP contribution is -1.76. The Balaban J connectivity index is 0.000000171. The van der Waals surface area contributed by atoms with Crippen molar-refractivity contribution in [2.24, 2.45) is 0 Å². The van der Waals surface area contributed by atoms with Gasteiger partial charge in [-0.2, -0.15) is 0 Å². The lowest BCUT2D eigenvalue weighted by Gasteiger charge is -1.97. The van der Waals surface area contributed by atoms with Crippen LogP contribution in [0.5, 0.6) is 0 Å². The van der Waals surface area contributed by atoms with Crippen molar-refractivity contribution in [3.8, 4) is 0 Å². The van der Waals surface area contributed by atoms with Gasteiger partial charge in [-0.15, -0.1) is 12.6 Å². The van der Waals surface area contributed by atoms with Gasteiger partial charge in [0.25, 0.3) is 0 Å². The molecule has 0 amide bonds. The average Bonchev–Trinajstić information content (AvgIpc) is 2.29. The Morgan fingerprint density at radius 1 is 0.882 bits per heavy atom. The van der Waals surface area contributed by atoms with Crippen LogP contribution < -0.4 is 0 Å². The Labute approximate surface area is 118 Å². The molecule has 0 N–H and O–H groups in total. The lowest BCUT2D eigenvalue weighted by molar-refractivity contribution is 1.27. The summed E-state index contributed by atoms with van der Waals surface area (Å²) in [5.41, 5.74) is 3.83. The lowest BCUT2D eigenvalue weighted by atomic mass is 10.2. The van der Waals surface area contributed by atoms with Crippen molar-refractivity contribution in [3.05, 3.63) is 63.6 Å². The molecule has 0 saturated carbocycles. The van der Waals surface area contributed by atoms with Gasteiger partial charge >= 0.3 is 0 Å². The average molecular weight is 309 g/mol. The minimum absolute atomic E-state index is 1.07. The minimum atomic E-state index is 1.07. The van der Waals surface area contributed by atoms with Gasteiger partial charge in [0.15, 0.2) is 0 Å². The molecule has 0 spiro atoms. The number of hydrogen-bond donors (Lipinski definition) is 1. The summed E-state index contributed by atoms with van der Waals surface area (Å²) >= 11 is 7.64. The fourth-order valence-corrected chi connectivity index (χ4v) is 1.78. The van der Waals surface area contributed by atoms with Gasteiger partial charge in [-0.25, -0.2) is 0 Å². The molecule has 0 nitrogen and oxygen atoms in total. The highest BCUT2D eigenvalue weighted by Crippen LogP contribution is 2.13. The van der Waals surface area contributed by atoms with Crippen molar-refractivity contribution < 1.29 is 0 Å². The van der Waals surface area contributed by atoms with Crippen molar-refractivity contribution in [1.29, 1.82) is 0 Å². The molecular formula is C15H17BrS. The van der Waals surface area contributed by atoms with E-state index in [-0.39, 0.29) is 0 Å². The van der Waals surface area contributed by atoms with E-state index in [1.54, 1.807) is 0 Å². The Morgan fingerprint density at radius 3 is 1.94 bits per heavy atom. The van der Waals surface area contributed by atoms with Crippen LogP contribution in [0.3, 0.4) is 0 Å². The van der Waals surface area contributed by atoms with Crippen molar-refractivity contribution in [2.75, 3.05) is 0 Å². The van der Waals surface area contributed by atoms with E-state index in [0.29, 0.717) is 0 Å². The summed E-state index contributed by atoms with van der Waals surface area (Å²) in [6.45, 7) is 6.22. The summed E-state index contributed by atoms with van der Waals surface area (Å²) in [6, 6.07) is 14.4. The number of halogens is 1. The van der Waals surface area contributed by atoms with Crippen LogP contribution in [0.2, 0.25) is 0 Å². The van der Waals surface area contributed by atoms with Gasteiger partial charge in [0.2, 0.25) is 0 Å². The first kappa shape index (κ1) is 14.3. The van der Waals surface area contributed by atoms with E-state index in [9.17, 15) is 0 Å². The second-order valence-corrected chi connectivity index (χ2v) is 5.38. The van der Waals surface area contributed by atoms with Crippen LogP contribution in [0.15, 0.2) is 51.8 Å². The molecule has 0 saturated heterocycles. The molecule has 2 aromatic carbocycles. The maximum Gasteiger partial charge on any atom is 0.0204 e. The third-order valence-corrected chi connectivity index (χ3v) is 3.82. The maximum absolute atomic E-state index is 4.25. The molecule has 2 heteroatoms. The molecule has 0 fully saturated rings. The van der Waals surface area contributed by atoms with Gasteiger partial charge in [0, 0.05) is 9.37 Å². The Bertz CT molecular complexity index is 471. The van der Waals surface area contributed by atoms with Crippen LogP contribution in [0, 0.1) is 20.8 Å². The Hall–Kier alpha value is -0.730. The highest BCUT2D eigenvalue weighted by atomic mass is 79.9. The van der Waals surface area contributed by atoms with E-state index in [1.807, 2.05) is 24.3 Å². The molecule has 0 bridgehead atoms. The van der Waals surface area contributed by atoms with E-state index in [2.05, 4.69) is 67.5 Å². The van der Waals surface area contributed by atoms with Gasteiger partial charge < -0.3 is 0 Å². The summed E-state index contributed by atoms with van der Waals surface area (Å²) in [4.78, 5) is 1.07. The summed E-state index contributed by atoms with van der Waals surface area (Å²) in [7, 11) is 0. The highest BCUT2D eigenvalue weighted by Gasteiger charge is 1.90. The Kier molecular flexibility index (Phi) is 5.79. The van der Waals surface area contributed by atoms with Gasteiger partial charge in [0.05, 0.1) is 0 Å². The summed E-state index contributed by atoms with van der Waals surface area (Å²) < 4.78 is 1.18. The van der Waals surface area contributed by atoms with Crippen molar-refractivity contribution in [3.63, 3.8) is 0 Å². The smallest absolute Gasteiger partial charge is 0.0204 e. The van der Waals surface area contributed by atoms with Gasteiger partial charge in [-0.05, 0) is 44.0 Å².